The molecule has 1 atom stereocenters. The van der Waals surface area contributed by atoms with Crippen molar-refractivity contribution < 1.29 is 22.8 Å². The number of rotatable bonds is 5. The van der Waals surface area contributed by atoms with E-state index in [2.05, 4.69) is 10.6 Å². The van der Waals surface area contributed by atoms with E-state index in [0.717, 1.165) is 22.6 Å². The minimum Gasteiger partial charge on any atom is -0.348 e. The lowest BCUT2D eigenvalue weighted by atomic mass is 10.2. The highest BCUT2D eigenvalue weighted by Crippen LogP contribution is 2.31. The first-order chi connectivity index (χ1) is 14.1. The lowest BCUT2D eigenvalue weighted by molar-refractivity contribution is -0.137. The predicted molar refractivity (Wildman–Crippen MR) is 107 cm³/mol. The van der Waals surface area contributed by atoms with Gasteiger partial charge in [0.15, 0.2) is 6.29 Å². The number of urea groups is 2. The molecular weight excluding hydrogens is 421 g/mol. The first-order valence-electron chi connectivity index (χ1n) is 9.15. The quantitative estimate of drug-likeness (QED) is 0.679. The fourth-order valence-corrected chi connectivity index (χ4v) is 3.18. The summed E-state index contributed by atoms with van der Waals surface area (Å²) in [4.78, 5) is 27.9. The van der Waals surface area contributed by atoms with E-state index in [0.29, 0.717) is 5.02 Å². The van der Waals surface area contributed by atoms with Crippen molar-refractivity contribution >= 4 is 29.4 Å². The van der Waals surface area contributed by atoms with Crippen LogP contribution in [0, 0.1) is 0 Å². The molecule has 10 heteroatoms. The number of hydrogen-bond donors (Lipinski definition) is 2. The van der Waals surface area contributed by atoms with E-state index >= 15 is 0 Å². The van der Waals surface area contributed by atoms with E-state index in [1.807, 2.05) is 0 Å². The van der Waals surface area contributed by atoms with E-state index in [4.69, 9.17) is 11.6 Å². The van der Waals surface area contributed by atoms with Gasteiger partial charge < -0.3 is 5.32 Å². The van der Waals surface area contributed by atoms with Crippen molar-refractivity contribution in [2.45, 2.75) is 38.9 Å². The van der Waals surface area contributed by atoms with Gasteiger partial charge in [0.2, 0.25) is 0 Å². The van der Waals surface area contributed by atoms with Crippen LogP contribution in [0.5, 0.6) is 0 Å². The Hall–Kier alpha value is -2.94. The number of alkyl halides is 3. The molecule has 0 aliphatic carbocycles. The van der Waals surface area contributed by atoms with Crippen LogP contribution in [0.25, 0.3) is 0 Å². The second-order valence-electron chi connectivity index (χ2n) is 7.08. The van der Waals surface area contributed by atoms with Gasteiger partial charge in [-0.2, -0.15) is 13.2 Å². The number of amides is 4. The maximum absolute atomic E-state index is 13.0. The molecule has 1 fully saturated rings. The Morgan fingerprint density at radius 2 is 1.80 bits per heavy atom. The van der Waals surface area contributed by atoms with E-state index in [1.54, 1.807) is 38.1 Å². The number of benzene rings is 2. The summed E-state index contributed by atoms with van der Waals surface area (Å²) in [5.41, 5.74) is 0.0134. The number of carbonyl (C=O) groups is 2. The third-order valence-corrected chi connectivity index (χ3v) is 4.77. The summed E-state index contributed by atoms with van der Waals surface area (Å²) >= 11 is 5.90. The van der Waals surface area contributed by atoms with Crippen molar-refractivity contribution in [3.05, 3.63) is 64.7 Å². The van der Waals surface area contributed by atoms with Crippen LogP contribution in [0.1, 0.15) is 25.0 Å². The molecular formula is C20H20ClF3N4O2. The molecule has 1 saturated heterocycles. The number of carbonyl (C=O) groups excluding carboxylic acids is 2. The van der Waals surface area contributed by atoms with Gasteiger partial charge in [-0.05, 0) is 49.7 Å². The molecule has 1 aliphatic heterocycles. The van der Waals surface area contributed by atoms with Crippen molar-refractivity contribution in [1.82, 2.24) is 15.1 Å². The van der Waals surface area contributed by atoms with Gasteiger partial charge >= 0.3 is 18.2 Å². The average molecular weight is 441 g/mol. The van der Waals surface area contributed by atoms with Crippen LogP contribution in [0.3, 0.4) is 0 Å². The van der Waals surface area contributed by atoms with Gasteiger partial charge in [0.25, 0.3) is 0 Å². The Morgan fingerprint density at radius 1 is 1.13 bits per heavy atom. The first kappa shape index (κ1) is 21.8. The Kier molecular flexibility index (Phi) is 6.12. The molecule has 0 spiro atoms. The summed E-state index contributed by atoms with van der Waals surface area (Å²) in [5.74, 6) is 0. The largest absolute Gasteiger partial charge is 0.416 e. The molecule has 1 aliphatic rings. The van der Waals surface area contributed by atoms with Crippen LogP contribution < -0.4 is 10.6 Å². The van der Waals surface area contributed by atoms with E-state index in [9.17, 15) is 22.8 Å². The zero-order chi connectivity index (χ0) is 22.1. The number of anilines is 1. The molecule has 30 heavy (non-hydrogen) atoms. The van der Waals surface area contributed by atoms with Crippen LogP contribution in [0.4, 0.5) is 28.4 Å². The van der Waals surface area contributed by atoms with E-state index in [1.165, 1.54) is 17.0 Å². The highest BCUT2D eigenvalue weighted by molar-refractivity contribution is 6.30. The molecule has 2 N–H and O–H groups in total. The second-order valence-corrected chi connectivity index (χ2v) is 7.51. The van der Waals surface area contributed by atoms with Gasteiger partial charge in [0.05, 0.1) is 12.1 Å². The number of nitrogens with one attached hydrogen (secondary N) is 2. The average Bonchev–Trinajstić information content (AvgIpc) is 2.65. The standard InChI is InChI=1S/C20H20ClF3N4O2/c1-12(2)28-18(29)26-17(25-16-5-3-4-14(10-16)20(22,23)24)27(19(28)30)11-13-6-8-15(21)9-7-13/h3-10,12,17,25H,11H2,1-2H3,(H,26,29). The van der Waals surface area contributed by atoms with Gasteiger partial charge in [-0.15, -0.1) is 0 Å². The minimum atomic E-state index is -4.51. The molecule has 1 unspecified atom stereocenters. The van der Waals surface area contributed by atoms with E-state index in [-0.39, 0.29) is 12.2 Å². The third kappa shape index (κ3) is 4.79. The molecule has 4 amide bonds. The molecule has 0 saturated carbocycles. The Bertz CT molecular complexity index is 934. The topological polar surface area (TPSA) is 64.7 Å². The van der Waals surface area contributed by atoms with Crippen molar-refractivity contribution in [2.75, 3.05) is 5.32 Å². The summed E-state index contributed by atoms with van der Waals surface area (Å²) in [6.45, 7) is 3.49. The molecule has 2 aromatic carbocycles. The maximum atomic E-state index is 13.0. The number of nitrogens with zero attached hydrogens (tertiary/aromatic N) is 2. The SMILES string of the molecule is CC(C)N1C(=O)NC(Nc2cccc(C(F)(F)F)c2)N(Cc2ccc(Cl)cc2)C1=O. The highest BCUT2D eigenvalue weighted by Gasteiger charge is 2.40. The monoisotopic (exact) mass is 440 g/mol. The molecule has 3 rings (SSSR count). The summed E-state index contributed by atoms with van der Waals surface area (Å²) in [5, 5.41) is 5.98. The van der Waals surface area contributed by atoms with E-state index < -0.39 is 36.1 Å². The zero-order valence-electron chi connectivity index (χ0n) is 16.2. The first-order valence-corrected chi connectivity index (χ1v) is 9.52. The number of imide groups is 1. The van der Waals surface area contributed by atoms with Crippen molar-refractivity contribution in [3.8, 4) is 0 Å². The van der Waals surface area contributed by atoms with Crippen molar-refractivity contribution in [2.24, 2.45) is 0 Å². The van der Waals surface area contributed by atoms with Gasteiger partial charge in [-0.3, -0.25) is 10.2 Å². The Balaban J connectivity index is 1.90. The smallest absolute Gasteiger partial charge is 0.348 e. The van der Waals surface area contributed by atoms with Crippen LogP contribution >= 0.6 is 11.6 Å². The van der Waals surface area contributed by atoms with Gasteiger partial charge in [0.1, 0.15) is 0 Å². The lowest BCUT2D eigenvalue weighted by Gasteiger charge is -2.42. The number of halogens is 4. The van der Waals surface area contributed by atoms with Gasteiger partial charge in [-0.1, -0.05) is 29.8 Å². The molecule has 2 aromatic rings. The normalized spacial score (nSPS) is 17.4. The third-order valence-electron chi connectivity index (χ3n) is 4.52. The molecule has 0 radical (unpaired) electrons. The molecule has 0 bridgehead atoms. The van der Waals surface area contributed by atoms with Gasteiger partial charge in [-0.25, -0.2) is 14.5 Å². The highest BCUT2D eigenvalue weighted by atomic mass is 35.5. The Morgan fingerprint density at radius 3 is 2.40 bits per heavy atom. The molecule has 0 aromatic heterocycles. The molecule has 160 valence electrons. The lowest BCUT2D eigenvalue weighted by Crippen LogP contribution is -2.68. The summed E-state index contributed by atoms with van der Waals surface area (Å²) in [6.07, 6.45) is -5.56. The summed E-state index contributed by atoms with van der Waals surface area (Å²) in [7, 11) is 0. The minimum absolute atomic E-state index is 0.107. The van der Waals surface area contributed by atoms with Crippen LogP contribution in [0.2, 0.25) is 5.02 Å². The van der Waals surface area contributed by atoms with Gasteiger partial charge in [0, 0.05) is 16.8 Å². The second kappa shape index (κ2) is 8.43. The zero-order valence-corrected chi connectivity index (χ0v) is 17.0. The molecule has 1 heterocycles. The van der Waals surface area contributed by atoms with Crippen LogP contribution in [0.15, 0.2) is 48.5 Å². The van der Waals surface area contributed by atoms with Crippen LogP contribution in [-0.4, -0.2) is 34.2 Å². The predicted octanol–water partition coefficient (Wildman–Crippen LogP) is 5.11. The van der Waals surface area contributed by atoms with Crippen LogP contribution in [-0.2, 0) is 12.7 Å². The fourth-order valence-electron chi connectivity index (χ4n) is 3.06. The molecule has 6 nitrogen and oxygen atoms in total. The maximum Gasteiger partial charge on any atom is 0.416 e. The Labute approximate surface area is 176 Å². The fraction of sp³-hybridized carbons (Fsp3) is 0.300. The van der Waals surface area contributed by atoms with Crippen molar-refractivity contribution in [3.63, 3.8) is 0 Å². The summed E-state index contributed by atoms with van der Waals surface area (Å²) in [6, 6.07) is 9.75. The summed E-state index contributed by atoms with van der Waals surface area (Å²) < 4.78 is 39.1. The van der Waals surface area contributed by atoms with Crippen molar-refractivity contribution in [1.29, 1.82) is 0 Å². The number of hydrogen-bond acceptors (Lipinski definition) is 3.